The van der Waals surface area contributed by atoms with E-state index in [9.17, 15) is 14.4 Å². The predicted octanol–water partition coefficient (Wildman–Crippen LogP) is 1.58. The van der Waals surface area contributed by atoms with E-state index in [1.54, 1.807) is 11.9 Å². The van der Waals surface area contributed by atoms with Gasteiger partial charge in [0, 0.05) is 27.1 Å². The quantitative estimate of drug-likeness (QED) is 0.785. The first-order valence-electron chi connectivity index (χ1n) is 8.22. The van der Waals surface area contributed by atoms with Crippen LogP contribution < -0.4 is 5.32 Å². The van der Waals surface area contributed by atoms with E-state index >= 15 is 0 Å². The number of carbonyl (C=O) groups excluding carboxylic acids is 3. The van der Waals surface area contributed by atoms with E-state index < -0.39 is 6.04 Å². The maximum atomic E-state index is 12.4. The molecule has 0 heterocycles. The number of carbonyl (C=O) groups is 3. The van der Waals surface area contributed by atoms with Gasteiger partial charge in [-0.05, 0) is 19.4 Å². The summed E-state index contributed by atoms with van der Waals surface area (Å²) in [4.78, 5) is 39.1. The number of nitrogens with one attached hydrogen (secondary N) is 1. The third-order valence-electron chi connectivity index (χ3n) is 3.87. The van der Waals surface area contributed by atoms with Crippen molar-refractivity contribution in [3.05, 3.63) is 35.9 Å². The highest BCUT2D eigenvalue weighted by atomic mass is 16.2. The molecule has 1 aromatic carbocycles. The predicted molar refractivity (Wildman–Crippen MR) is 93.2 cm³/mol. The maximum Gasteiger partial charge on any atom is 0.242 e. The van der Waals surface area contributed by atoms with Gasteiger partial charge in [-0.1, -0.05) is 30.3 Å². The molecule has 0 aromatic heterocycles. The summed E-state index contributed by atoms with van der Waals surface area (Å²) >= 11 is 0. The second-order valence-electron chi connectivity index (χ2n) is 5.68. The van der Waals surface area contributed by atoms with E-state index in [4.69, 9.17) is 0 Å². The first kappa shape index (κ1) is 19.7. The zero-order valence-electron chi connectivity index (χ0n) is 14.9. The van der Waals surface area contributed by atoms with Crippen molar-refractivity contribution >= 4 is 17.7 Å². The van der Waals surface area contributed by atoms with Crippen LogP contribution in [-0.2, 0) is 14.4 Å². The number of amides is 3. The number of benzene rings is 1. The Morgan fingerprint density at radius 1 is 1.04 bits per heavy atom. The molecule has 0 bridgehead atoms. The number of hydrogen-bond acceptors (Lipinski definition) is 3. The van der Waals surface area contributed by atoms with Crippen molar-refractivity contribution in [2.75, 3.05) is 26.7 Å². The SMILES string of the molecule is CCN(CC)C(=O)CN(C)C(=O)CC(NC(C)=O)c1ccccc1. The Bertz CT molecular complexity index is 556. The van der Waals surface area contributed by atoms with Crippen LogP contribution in [0, 0.1) is 0 Å². The van der Waals surface area contributed by atoms with Gasteiger partial charge in [-0.15, -0.1) is 0 Å². The first-order valence-corrected chi connectivity index (χ1v) is 8.22. The van der Waals surface area contributed by atoms with E-state index in [0.29, 0.717) is 13.1 Å². The largest absolute Gasteiger partial charge is 0.349 e. The Kier molecular flexibility index (Phi) is 7.95. The van der Waals surface area contributed by atoms with Crippen LogP contribution in [0.4, 0.5) is 0 Å². The second-order valence-corrected chi connectivity index (χ2v) is 5.68. The summed E-state index contributed by atoms with van der Waals surface area (Å²) in [7, 11) is 1.61. The molecule has 3 amide bonds. The van der Waals surface area contributed by atoms with E-state index in [2.05, 4.69) is 5.32 Å². The van der Waals surface area contributed by atoms with Gasteiger partial charge in [0.05, 0.1) is 19.0 Å². The molecule has 1 N–H and O–H groups in total. The lowest BCUT2D eigenvalue weighted by Crippen LogP contribution is -2.42. The normalized spacial score (nSPS) is 11.5. The van der Waals surface area contributed by atoms with Crippen LogP contribution in [0.1, 0.15) is 38.8 Å². The summed E-state index contributed by atoms with van der Waals surface area (Å²) in [6.07, 6.45) is 0.117. The molecule has 6 heteroatoms. The van der Waals surface area contributed by atoms with Gasteiger partial charge < -0.3 is 15.1 Å². The Morgan fingerprint density at radius 3 is 2.12 bits per heavy atom. The van der Waals surface area contributed by atoms with Crippen molar-refractivity contribution in [1.29, 1.82) is 0 Å². The average Bonchev–Trinajstić information content (AvgIpc) is 2.55. The van der Waals surface area contributed by atoms with Crippen LogP contribution in [0.5, 0.6) is 0 Å². The molecule has 0 aliphatic heterocycles. The Hall–Kier alpha value is -2.37. The van der Waals surface area contributed by atoms with Crippen LogP contribution in [0.15, 0.2) is 30.3 Å². The minimum atomic E-state index is -0.401. The monoisotopic (exact) mass is 333 g/mol. The van der Waals surface area contributed by atoms with Gasteiger partial charge in [0.15, 0.2) is 0 Å². The molecule has 0 aliphatic carbocycles. The smallest absolute Gasteiger partial charge is 0.242 e. The molecule has 0 radical (unpaired) electrons. The summed E-state index contributed by atoms with van der Waals surface area (Å²) < 4.78 is 0. The molecule has 0 saturated heterocycles. The van der Waals surface area contributed by atoms with E-state index in [0.717, 1.165) is 5.56 Å². The van der Waals surface area contributed by atoms with E-state index in [-0.39, 0.29) is 30.7 Å². The van der Waals surface area contributed by atoms with Crippen molar-refractivity contribution in [3.63, 3.8) is 0 Å². The van der Waals surface area contributed by atoms with Crippen LogP contribution in [-0.4, -0.2) is 54.2 Å². The topological polar surface area (TPSA) is 69.7 Å². The van der Waals surface area contributed by atoms with Gasteiger partial charge in [0.1, 0.15) is 0 Å². The molecule has 0 aliphatic rings. The Balaban J connectivity index is 2.73. The Morgan fingerprint density at radius 2 is 1.62 bits per heavy atom. The summed E-state index contributed by atoms with van der Waals surface area (Å²) in [5.74, 6) is -0.455. The fourth-order valence-corrected chi connectivity index (χ4v) is 2.48. The molecule has 6 nitrogen and oxygen atoms in total. The number of hydrogen-bond donors (Lipinski definition) is 1. The van der Waals surface area contributed by atoms with Gasteiger partial charge in [0.2, 0.25) is 17.7 Å². The van der Waals surface area contributed by atoms with Crippen LogP contribution in [0.3, 0.4) is 0 Å². The molecule has 1 rings (SSSR count). The number of nitrogens with zero attached hydrogens (tertiary/aromatic N) is 2. The van der Waals surface area contributed by atoms with E-state index in [1.807, 2.05) is 44.2 Å². The molecule has 1 aromatic rings. The van der Waals surface area contributed by atoms with Crippen molar-refractivity contribution in [1.82, 2.24) is 15.1 Å². The van der Waals surface area contributed by atoms with E-state index in [1.165, 1.54) is 11.8 Å². The van der Waals surface area contributed by atoms with Gasteiger partial charge in [0.25, 0.3) is 0 Å². The molecule has 24 heavy (non-hydrogen) atoms. The minimum absolute atomic E-state index is 0.0437. The molecule has 0 spiro atoms. The number of likely N-dealkylation sites (N-methyl/N-ethyl adjacent to an activating group) is 2. The highest BCUT2D eigenvalue weighted by molar-refractivity contribution is 5.85. The summed E-state index contributed by atoms with van der Waals surface area (Å²) in [6.45, 7) is 6.53. The molecule has 0 saturated carbocycles. The summed E-state index contributed by atoms with van der Waals surface area (Å²) in [5.41, 5.74) is 0.865. The highest BCUT2D eigenvalue weighted by Gasteiger charge is 2.21. The third kappa shape index (κ3) is 6.02. The van der Waals surface area contributed by atoms with Crippen molar-refractivity contribution in [3.8, 4) is 0 Å². The molecular weight excluding hydrogens is 306 g/mol. The molecular formula is C18H27N3O3. The highest BCUT2D eigenvalue weighted by Crippen LogP contribution is 2.17. The minimum Gasteiger partial charge on any atom is -0.349 e. The lowest BCUT2D eigenvalue weighted by Gasteiger charge is -2.25. The molecule has 0 fully saturated rings. The van der Waals surface area contributed by atoms with Gasteiger partial charge in [-0.3, -0.25) is 14.4 Å². The lowest BCUT2D eigenvalue weighted by atomic mass is 10.0. The fraction of sp³-hybridized carbons (Fsp3) is 0.500. The average molecular weight is 333 g/mol. The van der Waals surface area contributed by atoms with Crippen molar-refractivity contribution < 1.29 is 14.4 Å². The van der Waals surface area contributed by atoms with Crippen molar-refractivity contribution in [2.45, 2.75) is 33.2 Å². The third-order valence-corrected chi connectivity index (χ3v) is 3.87. The molecule has 132 valence electrons. The van der Waals surface area contributed by atoms with Gasteiger partial charge in [-0.2, -0.15) is 0 Å². The van der Waals surface area contributed by atoms with Gasteiger partial charge >= 0.3 is 0 Å². The fourth-order valence-electron chi connectivity index (χ4n) is 2.48. The zero-order valence-corrected chi connectivity index (χ0v) is 14.9. The molecule has 1 atom stereocenters. The van der Waals surface area contributed by atoms with Gasteiger partial charge in [-0.25, -0.2) is 0 Å². The van der Waals surface area contributed by atoms with Crippen LogP contribution in [0.25, 0.3) is 0 Å². The summed E-state index contributed by atoms with van der Waals surface area (Å²) in [6, 6.07) is 8.95. The lowest BCUT2D eigenvalue weighted by molar-refractivity contribution is -0.139. The number of rotatable bonds is 8. The molecule has 1 unspecified atom stereocenters. The maximum absolute atomic E-state index is 12.4. The standard InChI is InChI=1S/C18H27N3O3/c1-5-21(6-2)18(24)13-20(4)17(23)12-16(19-14(3)22)15-10-8-7-9-11-15/h7-11,16H,5-6,12-13H2,1-4H3,(H,19,22). The van der Waals surface area contributed by atoms with Crippen LogP contribution in [0.2, 0.25) is 0 Å². The van der Waals surface area contributed by atoms with Crippen LogP contribution >= 0.6 is 0 Å². The second kappa shape index (κ2) is 9.70. The zero-order chi connectivity index (χ0) is 18.1. The van der Waals surface area contributed by atoms with Crippen molar-refractivity contribution in [2.24, 2.45) is 0 Å². The Labute approximate surface area is 143 Å². The first-order chi connectivity index (χ1) is 11.4. The summed E-state index contributed by atoms with van der Waals surface area (Å²) in [5, 5.41) is 2.80.